The molecule has 1 unspecified atom stereocenters. The highest BCUT2D eigenvalue weighted by Crippen LogP contribution is 2.11. The summed E-state index contributed by atoms with van der Waals surface area (Å²) >= 11 is 0. The number of nitrogens with one attached hydrogen (secondary N) is 3. The van der Waals surface area contributed by atoms with E-state index in [1.807, 2.05) is 7.05 Å². The van der Waals surface area contributed by atoms with E-state index in [1.165, 1.54) is 19.9 Å². The first-order valence-corrected chi connectivity index (χ1v) is 6.56. The number of rotatable bonds is 4. The van der Waals surface area contributed by atoms with Gasteiger partial charge in [-0.05, 0) is 39.4 Å². The van der Waals surface area contributed by atoms with Crippen LogP contribution in [-0.2, 0) is 4.79 Å². The molecule has 7 heteroatoms. The highest BCUT2D eigenvalue weighted by atomic mass is 35.5. The summed E-state index contributed by atoms with van der Waals surface area (Å²) in [5.41, 5.74) is 0. The summed E-state index contributed by atoms with van der Waals surface area (Å²) in [6.07, 6.45) is 3.82. The van der Waals surface area contributed by atoms with Gasteiger partial charge in [-0.2, -0.15) is 0 Å². The Morgan fingerprint density at radius 2 is 2.05 bits per heavy atom. The van der Waals surface area contributed by atoms with Gasteiger partial charge in [0, 0.05) is 26.1 Å². The van der Waals surface area contributed by atoms with Crippen molar-refractivity contribution in [2.75, 3.05) is 33.7 Å². The second-order valence-corrected chi connectivity index (χ2v) is 4.69. The number of amides is 3. The van der Waals surface area contributed by atoms with Gasteiger partial charge in [0.05, 0.1) is 0 Å². The van der Waals surface area contributed by atoms with Crippen LogP contribution in [0.3, 0.4) is 0 Å². The number of imide groups is 1. The molecular weight excluding hydrogens is 268 g/mol. The summed E-state index contributed by atoms with van der Waals surface area (Å²) < 4.78 is 0. The zero-order chi connectivity index (χ0) is 13.4. The van der Waals surface area contributed by atoms with E-state index in [-0.39, 0.29) is 18.3 Å². The molecule has 1 aliphatic rings. The van der Waals surface area contributed by atoms with E-state index in [1.54, 1.807) is 0 Å². The third-order valence-corrected chi connectivity index (χ3v) is 3.34. The highest BCUT2D eigenvalue weighted by Gasteiger charge is 2.17. The van der Waals surface area contributed by atoms with E-state index < -0.39 is 6.03 Å². The Labute approximate surface area is 121 Å². The molecule has 1 rings (SSSR count). The van der Waals surface area contributed by atoms with Crippen molar-refractivity contribution >= 4 is 24.3 Å². The molecule has 3 N–H and O–H groups in total. The second kappa shape index (κ2) is 10.00. The molecule has 1 fully saturated rings. The topological polar surface area (TPSA) is 73.5 Å². The largest absolute Gasteiger partial charge is 0.341 e. The van der Waals surface area contributed by atoms with Gasteiger partial charge in [-0.25, -0.2) is 4.79 Å². The van der Waals surface area contributed by atoms with Gasteiger partial charge in [-0.1, -0.05) is 0 Å². The number of hydrogen-bond acceptors (Lipinski definition) is 4. The Kier molecular flexibility index (Phi) is 9.55. The Hall–Kier alpha value is -0.850. The first-order valence-electron chi connectivity index (χ1n) is 6.56. The predicted octanol–water partition coefficient (Wildman–Crippen LogP) is 0.328. The quantitative estimate of drug-likeness (QED) is 0.698. The van der Waals surface area contributed by atoms with Crippen LogP contribution < -0.4 is 16.0 Å². The number of nitrogens with zero attached hydrogens (tertiary/aromatic N) is 1. The highest BCUT2D eigenvalue weighted by molar-refractivity contribution is 5.94. The van der Waals surface area contributed by atoms with E-state index in [9.17, 15) is 9.59 Å². The zero-order valence-corrected chi connectivity index (χ0v) is 12.5. The lowest BCUT2D eigenvalue weighted by Crippen LogP contribution is -2.40. The lowest BCUT2D eigenvalue weighted by atomic mass is 10.1. The minimum Gasteiger partial charge on any atom is -0.341 e. The molecule has 0 aliphatic carbocycles. The predicted molar refractivity (Wildman–Crippen MR) is 77.6 cm³/mol. The average Bonchev–Trinajstić information content (AvgIpc) is 2.64. The minimum atomic E-state index is -0.443. The standard InChI is InChI=1S/C12H24N4O2.ClH/c1-13-12(18)15-11(17)6-9-16(2)10-4-3-7-14-8-5-10;/h10,14H,3-9H2,1-2H3,(H2,13,15,17,18);1H. The Balaban J connectivity index is 0.00000324. The number of hydrogen-bond donors (Lipinski definition) is 3. The number of carbonyl (C=O) groups is 2. The van der Waals surface area contributed by atoms with E-state index in [2.05, 4.69) is 20.9 Å². The maximum atomic E-state index is 11.5. The normalized spacial score (nSPS) is 19.2. The molecule has 6 nitrogen and oxygen atoms in total. The van der Waals surface area contributed by atoms with Crippen molar-refractivity contribution in [3.8, 4) is 0 Å². The molecule has 3 amide bonds. The molecular formula is C12H25ClN4O2. The summed E-state index contributed by atoms with van der Waals surface area (Å²) in [5.74, 6) is -0.229. The maximum absolute atomic E-state index is 11.5. The van der Waals surface area contributed by atoms with Crippen LogP contribution in [-0.4, -0.2) is 56.6 Å². The fourth-order valence-corrected chi connectivity index (χ4v) is 2.15. The fourth-order valence-electron chi connectivity index (χ4n) is 2.15. The van der Waals surface area contributed by atoms with Crippen molar-refractivity contribution in [2.45, 2.75) is 31.7 Å². The first-order chi connectivity index (χ1) is 8.63. The van der Waals surface area contributed by atoms with Gasteiger partial charge in [-0.15, -0.1) is 12.4 Å². The van der Waals surface area contributed by atoms with Crippen LogP contribution in [0.1, 0.15) is 25.7 Å². The molecule has 19 heavy (non-hydrogen) atoms. The first kappa shape index (κ1) is 18.1. The fraction of sp³-hybridized carbons (Fsp3) is 0.833. The number of urea groups is 1. The van der Waals surface area contributed by atoms with Crippen LogP contribution in [0.4, 0.5) is 4.79 Å². The van der Waals surface area contributed by atoms with Crippen molar-refractivity contribution in [1.82, 2.24) is 20.9 Å². The molecule has 1 saturated heterocycles. The van der Waals surface area contributed by atoms with Crippen molar-refractivity contribution in [3.05, 3.63) is 0 Å². The van der Waals surface area contributed by atoms with Gasteiger partial charge >= 0.3 is 6.03 Å². The molecule has 0 aromatic carbocycles. The molecule has 112 valence electrons. The van der Waals surface area contributed by atoms with Crippen molar-refractivity contribution in [2.24, 2.45) is 0 Å². The monoisotopic (exact) mass is 292 g/mol. The van der Waals surface area contributed by atoms with E-state index >= 15 is 0 Å². The maximum Gasteiger partial charge on any atom is 0.321 e. The van der Waals surface area contributed by atoms with Crippen molar-refractivity contribution < 1.29 is 9.59 Å². The molecule has 1 aliphatic heterocycles. The Morgan fingerprint density at radius 3 is 2.74 bits per heavy atom. The molecule has 0 aromatic rings. The van der Waals surface area contributed by atoms with Gasteiger partial charge in [-0.3, -0.25) is 10.1 Å². The molecule has 1 atom stereocenters. The third-order valence-electron chi connectivity index (χ3n) is 3.34. The van der Waals surface area contributed by atoms with Crippen molar-refractivity contribution in [3.63, 3.8) is 0 Å². The lowest BCUT2D eigenvalue weighted by Gasteiger charge is -2.26. The van der Waals surface area contributed by atoms with Gasteiger partial charge < -0.3 is 15.5 Å². The summed E-state index contributed by atoms with van der Waals surface area (Å²) in [4.78, 5) is 24.6. The van der Waals surface area contributed by atoms with Crippen LogP contribution in [0.5, 0.6) is 0 Å². The Bertz CT molecular complexity index is 281. The molecule has 0 saturated carbocycles. The second-order valence-electron chi connectivity index (χ2n) is 4.69. The summed E-state index contributed by atoms with van der Waals surface area (Å²) in [6.45, 7) is 2.81. The smallest absolute Gasteiger partial charge is 0.321 e. The van der Waals surface area contributed by atoms with Crippen LogP contribution >= 0.6 is 12.4 Å². The average molecular weight is 293 g/mol. The zero-order valence-electron chi connectivity index (χ0n) is 11.7. The third kappa shape index (κ3) is 7.34. The van der Waals surface area contributed by atoms with Crippen LogP contribution in [0, 0.1) is 0 Å². The lowest BCUT2D eigenvalue weighted by molar-refractivity contribution is -0.120. The van der Waals surface area contributed by atoms with Crippen molar-refractivity contribution in [1.29, 1.82) is 0 Å². The van der Waals surface area contributed by atoms with Crippen LogP contribution in [0.15, 0.2) is 0 Å². The summed E-state index contributed by atoms with van der Waals surface area (Å²) in [6, 6.07) is 0.0918. The van der Waals surface area contributed by atoms with Gasteiger partial charge in [0.15, 0.2) is 0 Å². The van der Waals surface area contributed by atoms with Crippen LogP contribution in [0.25, 0.3) is 0 Å². The summed E-state index contributed by atoms with van der Waals surface area (Å²) in [5, 5.41) is 8.01. The van der Waals surface area contributed by atoms with Gasteiger partial charge in [0.25, 0.3) is 0 Å². The Morgan fingerprint density at radius 1 is 1.32 bits per heavy atom. The molecule has 0 radical (unpaired) electrons. The number of halogens is 1. The van der Waals surface area contributed by atoms with Crippen LogP contribution in [0.2, 0.25) is 0 Å². The van der Waals surface area contributed by atoms with Gasteiger partial charge in [0.1, 0.15) is 0 Å². The molecule has 0 bridgehead atoms. The van der Waals surface area contributed by atoms with E-state index in [4.69, 9.17) is 0 Å². The van der Waals surface area contributed by atoms with Gasteiger partial charge in [0.2, 0.25) is 5.91 Å². The number of carbonyl (C=O) groups excluding carboxylic acids is 2. The SMILES string of the molecule is CNC(=O)NC(=O)CCN(C)C1CCCNCC1.Cl. The molecule has 0 aromatic heterocycles. The molecule has 1 heterocycles. The minimum absolute atomic E-state index is 0. The van der Waals surface area contributed by atoms with E-state index in [0.29, 0.717) is 19.0 Å². The van der Waals surface area contributed by atoms with E-state index in [0.717, 1.165) is 19.5 Å². The molecule has 0 spiro atoms. The summed E-state index contributed by atoms with van der Waals surface area (Å²) in [7, 11) is 3.54.